The molecule has 5 N–H and O–H groups in total. The molecule has 8 heavy (non-hydrogen) atoms. The monoisotopic (exact) mass is 149 g/mol. The molecule has 0 aliphatic carbocycles. The summed E-state index contributed by atoms with van der Waals surface area (Å²) in [5.74, 6) is 2.31. The summed E-state index contributed by atoms with van der Waals surface area (Å²) in [5, 5.41) is 2.62. The molecular formula is C3H8N3PS. The van der Waals surface area contributed by atoms with E-state index < -0.39 is 6.49 Å². The molecule has 0 aliphatic rings. The van der Waals surface area contributed by atoms with Gasteiger partial charge in [-0.05, 0) is 11.8 Å². The summed E-state index contributed by atoms with van der Waals surface area (Å²) < 4.78 is 0. The fourth-order valence-corrected chi connectivity index (χ4v) is 0.701. The lowest BCUT2D eigenvalue weighted by atomic mass is 10.7. The van der Waals surface area contributed by atoms with Crippen molar-refractivity contribution in [3.63, 3.8) is 0 Å². The summed E-state index contributed by atoms with van der Waals surface area (Å²) in [7, 11) is 0. The van der Waals surface area contributed by atoms with Crippen molar-refractivity contribution in [1.29, 1.82) is 0 Å². The maximum Gasteiger partial charge on any atom is 0.133 e. The van der Waals surface area contributed by atoms with E-state index in [0.29, 0.717) is 6.54 Å². The van der Waals surface area contributed by atoms with Gasteiger partial charge in [0.25, 0.3) is 0 Å². The van der Waals surface area contributed by atoms with Gasteiger partial charge in [-0.3, -0.25) is 16.1 Å². The minimum Gasteiger partial charge on any atom is -0.280 e. The molecule has 0 bridgehead atoms. The van der Waals surface area contributed by atoms with Crippen LogP contribution in [0.1, 0.15) is 0 Å². The molecule has 0 aromatic carbocycles. The minimum atomic E-state index is -2.24. The number of hydrogen-bond donors (Lipinski definition) is 3. The summed E-state index contributed by atoms with van der Waals surface area (Å²) in [5.41, 5.74) is 10.4. The van der Waals surface area contributed by atoms with Gasteiger partial charge in [0, 0.05) is 0 Å². The van der Waals surface area contributed by atoms with Crippen LogP contribution >= 0.6 is 6.49 Å². The molecule has 0 atom stereocenters. The molecule has 5 heteroatoms. The van der Waals surface area contributed by atoms with Gasteiger partial charge in [-0.25, -0.2) is 0 Å². The lowest BCUT2D eigenvalue weighted by Gasteiger charge is -2.07. The number of rotatable bonds is 2. The Balaban J connectivity index is 3.45. The summed E-state index contributed by atoms with van der Waals surface area (Å²) in [6.45, 7) is -1.89. The largest absolute Gasteiger partial charge is 0.280 e. The summed E-state index contributed by atoms with van der Waals surface area (Å²) >= 11 is 4.61. The van der Waals surface area contributed by atoms with Gasteiger partial charge in [-0.1, -0.05) is 5.92 Å². The van der Waals surface area contributed by atoms with Crippen molar-refractivity contribution in [1.82, 2.24) is 5.09 Å². The van der Waals surface area contributed by atoms with Crippen LogP contribution in [-0.2, 0) is 11.8 Å². The van der Waals surface area contributed by atoms with E-state index in [2.05, 4.69) is 22.8 Å². The predicted molar refractivity (Wildman–Crippen MR) is 39.5 cm³/mol. The molecule has 0 saturated carbocycles. The van der Waals surface area contributed by atoms with E-state index in [-0.39, 0.29) is 0 Å². The van der Waals surface area contributed by atoms with Crippen LogP contribution in [0.2, 0.25) is 0 Å². The topological polar surface area (TPSA) is 64.1 Å². The first kappa shape index (κ1) is 8.09. The second-order valence-electron chi connectivity index (χ2n) is 1.25. The molecule has 0 aromatic rings. The Hall–Kier alpha value is 0.0900. The van der Waals surface area contributed by atoms with Crippen molar-refractivity contribution in [2.24, 2.45) is 11.0 Å². The predicted octanol–water partition coefficient (Wildman–Crippen LogP) is -0.649. The minimum absolute atomic E-state index is 0.351. The second kappa shape index (κ2) is 3.18. The summed E-state index contributed by atoms with van der Waals surface area (Å²) in [6.07, 6.45) is 4.88. The van der Waals surface area contributed by atoms with Gasteiger partial charge in [-0.15, -0.1) is 6.42 Å². The Kier molecular flexibility index (Phi) is 3.22. The smallest absolute Gasteiger partial charge is 0.133 e. The Labute approximate surface area is 54.0 Å². The third-order valence-electron chi connectivity index (χ3n) is 0.428. The maximum absolute atomic E-state index is 5.22. The molecular weight excluding hydrogens is 141 g/mol. The van der Waals surface area contributed by atoms with E-state index >= 15 is 0 Å². The number of nitrogens with two attached hydrogens (primary N) is 2. The molecule has 0 aromatic heterocycles. The van der Waals surface area contributed by atoms with Crippen molar-refractivity contribution in [3.8, 4) is 12.3 Å². The fourth-order valence-electron chi connectivity index (χ4n) is 0.169. The molecule has 0 fully saturated rings. The van der Waals surface area contributed by atoms with E-state index in [0.717, 1.165) is 0 Å². The Morgan fingerprint density at radius 3 is 2.38 bits per heavy atom. The van der Waals surface area contributed by atoms with Crippen molar-refractivity contribution in [3.05, 3.63) is 0 Å². The molecule has 0 rings (SSSR count). The van der Waals surface area contributed by atoms with Gasteiger partial charge in [-0.2, -0.15) is 0 Å². The van der Waals surface area contributed by atoms with Crippen LogP contribution in [0.4, 0.5) is 0 Å². The van der Waals surface area contributed by atoms with Crippen LogP contribution in [0.3, 0.4) is 0 Å². The standard InChI is InChI=1S/C3H8N3PS/c1-2-3-6-7(4,5)8/h1H,3H2,(H5,4,5,6,8). The van der Waals surface area contributed by atoms with Crippen molar-refractivity contribution in [2.75, 3.05) is 6.54 Å². The van der Waals surface area contributed by atoms with Gasteiger partial charge < -0.3 is 0 Å². The van der Waals surface area contributed by atoms with Crippen LogP contribution in [0.15, 0.2) is 0 Å². The average molecular weight is 149 g/mol. The molecule has 0 heterocycles. The average Bonchev–Trinajstić information content (AvgIpc) is 1.59. The maximum atomic E-state index is 5.22. The van der Waals surface area contributed by atoms with Gasteiger partial charge in [0.05, 0.1) is 6.54 Å². The highest BCUT2D eigenvalue weighted by Crippen LogP contribution is 2.16. The fraction of sp³-hybridized carbons (Fsp3) is 0.333. The zero-order valence-electron chi connectivity index (χ0n) is 4.29. The zero-order valence-corrected chi connectivity index (χ0v) is 6.01. The van der Waals surface area contributed by atoms with Crippen LogP contribution in [0.25, 0.3) is 0 Å². The van der Waals surface area contributed by atoms with Gasteiger partial charge in [0.2, 0.25) is 0 Å². The van der Waals surface area contributed by atoms with E-state index in [4.69, 9.17) is 17.4 Å². The van der Waals surface area contributed by atoms with Crippen molar-refractivity contribution < 1.29 is 0 Å². The third kappa shape index (κ3) is 6.09. The Morgan fingerprint density at radius 1 is 1.75 bits per heavy atom. The molecule has 0 saturated heterocycles. The second-order valence-corrected chi connectivity index (χ2v) is 4.80. The summed E-state index contributed by atoms with van der Waals surface area (Å²) in [6, 6.07) is 0. The first-order valence-corrected chi connectivity index (χ1v) is 4.86. The highest BCUT2D eigenvalue weighted by molar-refractivity contribution is 8.11. The number of nitrogens with one attached hydrogen (secondary N) is 1. The molecule has 46 valence electrons. The molecule has 0 aliphatic heterocycles. The SMILES string of the molecule is C#CCNP(N)(N)=S. The van der Waals surface area contributed by atoms with E-state index in [1.807, 2.05) is 0 Å². The Bertz CT molecular complexity index is 143. The van der Waals surface area contributed by atoms with Crippen LogP contribution in [0.5, 0.6) is 0 Å². The third-order valence-corrected chi connectivity index (χ3v) is 1.47. The highest BCUT2D eigenvalue weighted by atomic mass is 32.4. The normalized spacial score (nSPS) is 10.6. The van der Waals surface area contributed by atoms with E-state index in [9.17, 15) is 0 Å². The lowest BCUT2D eigenvalue weighted by Crippen LogP contribution is -2.21. The molecule has 0 radical (unpaired) electrons. The Morgan fingerprint density at radius 2 is 2.25 bits per heavy atom. The number of hydrogen-bond acceptors (Lipinski definition) is 1. The van der Waals surface area contributed by atoms with Crippen LogP contribution < -0.4 is 16.1 Å². The van der Waals surface area contributed by atoms with Crippen molar-refractivity contribution >= 4 is 18.3 Å². The first-order chi connectivity index (χ1) is 3.56. The lowest BCUT2D eigenvalue weighted by molar-refractivity contribution is 1.12. The van der Waals surface area contributed by atoms with Crippen molar-refractivity contribution in [2.45, 2.75) is 0 Å². The van der Waals surface area contributed by atoms with Crippen LogP contribution in [-0.4, -0.2) is 6.54 Å². The zero-order chi connectivity index (χ0) is 6.62. The summed E-state index contributed by atoms with van der Waals surface area (Å²) in [4.78, 5) is 0. The molecule has 0 unspecified atom stereocenters. The van der Waals surface area contributed by atoms with Gasteiger partial charge in [0.15, 0.2) is 0 Å². The van der Waals surface area contributed by atoms with E-state index in [1.54, 1.807) is 0 Å². The highest BCUT2D eigenvalue weighted by Gasteiger charge is 1.96. The molecule has 0 amide bonds. The molecule has 0 spiro atoms. The van der Waals surface area contributed by atoms with Crippen LogP contribution in [0, 0.1) is 12.3 Å². The van der Waals surface area contributed by atoms with Gasteiger partial charge in [0.1, 0.15) is 6.49 Å². The molecule has 3 nitrogen and oxygen atoms in total. The number of terminal acetylenes is 1. The first-order valence-electron chi connectivity index (χ1n) is 1.92. The van der Waals surface area contributed by atoms with Gasteiger partial charge >= 0.3 is 0 Å². The van der Waals surface area contributed by atoms with E-state index in [1.165, 1.54) is 0 Å². The quantitative estimate of drug-likeness (QED) is 0.360.